The van der Waals surface area contributed by atoms with Crippen LogP contribution in [0, 0.1) is 5.82 Å². The molecule has 0 aliphatic heterocycles. The molecule has 1 fully saturated rings. The molecule has 2 amide bonds. The molecular formula is C27H30FN3O3S. The first-order valence-electron chi connectivity index (χ1n) is 12.0. The normalized spacial score (nSPS) is 14.9. The van der Waals surface area contributed by atoms with Crippen molar-refractivity contribution in [3.05, 3.63) is 71.7 Å². The van der Waals surface area contributed by atoms with E-state index in [2.05, 4.69) is 21.7 Å². The number of ether oxygens (including phenoxy) is 1. The molecule has 35 heavy (non-hydrogen) atoms. The molecule has 2 N–H and O–H groups in total. The predicted octanol–water partition coefficient (Wildman–Crippen LogP) is 5.48. The fourth-order valence-electron chi connectivity index (χ4n) is 4.14. The average Bonchev–Trinajstić information content (AvgIpc) is 3.33. The molecule has 4 rings (SSSR count). The molecule has 1 aromatic heterocycles. The molecule has 0 saturated heterocycles. The van der Waals surface area contributed by atoms with E-state index in [-0.39, 0.29) is 24.1 Å². The van der Waals surface area contributed by atoms with Gasteiger partial charge in [0.05, 0.1) is 24.0 Å². The first kappa shape index (κ1) is 25.0. The number of hydrogen-bond donors (Lipinski definition) is 2. The van der Waals surface area contributed by atoms with Crippen LogP contribution in [0.4, 0.5) is 9.52 Å². The Morgan fingerprint density at radius 1 is 1.11 bits per heavy atom. The molecule has 2 aromatic carbocycles. The van der Waals surface area contributed by atoms with E-state index in [0.717, 1.165) is 28.8 Å². The van der Waals surface area contributed by atoms with Crippen LogP contribution in [0.1, 0.15) is 50.2 Å². The number of nitrogens with zero attached hydrogens (tertiary/aromatic N) is 1. The van der Waals surface area contributed by atoms with Crippen LogP contribution < -0.4 is 10.6 Å². The topological polar surface area (TPSA) is 80.3 Å². The largest absolute Gasteiger partial charge is 0.374 e. The minimum Gasteiger partial charge on any atom is -0.374 e. The highest BCUT2D eigenvalue weighted by Gasteiger charge is 2.19. The zero-order valence-corrected chi connectivity index (χ0v) is 20.6. The van der Waals surface area contributed by atoms with Crippen molar-refractivity contribution < 1.29 is 18.7 Å². The van der Waals surface area contributed by atoms with Gasteiger partial charge in [-0.25, -0.2) is 9.37 Å². The van der Waals surface area contributed by atoms with Gasteiger partial charge in [-0.05, 0) is 48.6 Å². The molecule has 0 radical (unpaired) electrons. The summed E-state index contributed by atoms with van der Waals surface area (Å²) in [6.45, 7) is 2.17. The SMILES string of the molecule is C[C@H](NC(=O)Cc1ccc(F)cc1)C(=O)Nc1ncc(-c2ccccc2COC2CCCCC2)s1. The van der Waals surface area contributed by atoms with Crippen LogP contribution in [-0.4, -0.2) is 28.9 Å². The Morgan fingerprint density at radius 3 is 2.63 bits per heavy atom. The van der Waals surface area contributed by atoms with Gasteiger partial charge in [-0.1, -0.05) is 67.0 Å². The summed E-state index contributed by atoms with van der Waals surface area (Å²) in [6, 6.07) is 13.1. The quantitative estimate of drug-likeness (QED) is 0.412. The lowest BCUT2D eigenvalue weighted by Gasteiger charge is -2.22. The highest BCUT2D eigenvalue weighted by molar-refractivity contribution is 7.19. The number of rotatable bonds is 9. The number of hydrogen-bond acceptors (Lipinski definition) is 5. The second kappa shape index (κ2) is 12.0. The van der Waals surface area contributed by atoms with E-state index in [0.29, 0.717) is 23.4 Å². The van der Waals surface area contributed by atoms with Crippen LogP contribution in [0.2, 0.25) is 0 Å². The number of carbonyl (C=O) groups excluding carboxylic acids is 2. The number of halogens is 1. The highest BCUT2D eigenvalue weighted by Crippen LogP contribution is 2.32. The molecular weight excluding hydrogens is 465 g/mol. The summed E-state index contributed by atoms with van der Waals surface area (Å²) < 4.78 is 19.2. The minimum atomic E-state index is -0.744. The van der Waals surface area contributed by atoms with Crippen molar-refractivity contribution >= 4 is 28.3 Å². The van der Waals surface area contributed by atoms with E-state index in [9.17, 15) is 14.0 Å². The molecule has 3 aromatic rings. The van der Waals surface area contributed by atoms with Gasteiger partial charge in [-0.15, -0.1) is 0 Å². The van der Waals surface area contributed by atoms with Gasteiger partial charge >= 0.3 is 0 Å². The summed E-state index contributed by atoms with van der Waals surface area (Å²) in [7, 11) is 0. The number of anilines is 1. The summed E-state index contributed by atoms with van der Waals surface area (Å²) in [5.74, 6) is -1.03. The monoisotopic (exact) mass is 495 g/mol. The zero-order chi connectivity index (χ0) is 24.6. The van der Waals surface area contributed by atoms with Gasteiger partial charge in [0, 0.05) is 6.20 Å². The number of carbonyl (C=O) groups is 2. The van der Waals surface area contributed by atoms with Gasteiger partial charge in [-0.3, -0.25) is 9.59 Å². The highest BCUT2D eigenvalue weighted by atomic mass is 32.1. The summed E-state index contributed by atoms with van der Waals surface area (Å²) in [4.78, 5) is 30.2. The summed E-state index contributed by atoms with van der Waals surface area (Å²) in [5, 5.41) is 5.92. The minimum absolute atomic E-state index is 0.0685. The van der Waals surface area contributed by atoms with Gasteiger partial charge in [0.15, 0.2) is 5.13 Å². The Labute approximate surface area is 208 Å². The lowest BCUT2D eigenvalue weighted by Crippen LogP contribution is -2.42. The van der Waals surface area contributed by atoms with Crippen LogP contribution >= 0.6 is 11.3 Å². The predicted molar refractivity (Wildman–Crippen MR) is 136 cm³/mol. The first-order valence-corrected chi connectivity index (χ1v) is 12.8. The van der Waals surface area contributed by atoms with E-state index in [1.54, 1.807) is 25.3 Å². The Kier molecular flexibility index (Phi) is 8.60. The molecule has 1 atom stereocenters. The molecule has 0 spiro atoms. The fourth-order valence-corrected chi connectivity index (χ4v) is 5.02. The van der Waals surface area contributed by atoms with Crippen LogP contribution in [0.15, 0.2) is 54.7 Å². The van der Waals surface area contributed by atoms with Crippen molar-refractivity contribution in [3.8, 4) is 10.4 Å². The third-order valence-corrected chi connectivity index (χ3v) is 7.04. The van der Waals surface area contributed by atoms with Crippen LogP contribution in [0.5, 0.6) is 0 Å². The van der Waals surface area contributed by atoms with Crippen LogP contribution in [-0.2, 0) is 27.4 Å². The first-order chi connectivity index (χ1) is 17.0. The van der Waals surface area contributed by atoms with E-state index in [1.165, 1.54) is 42.7 Å². The van der Waals surface area contributed by atoms with Crippen molar-refractivity contribution in [3.63, 3.8) is 0 Å². The van der Waals surface area contributed by atoms with E-state index in [4.69, 9.17) is 4.74 Å². The van der Waals surface area contributed by atoms with E-state index < -0.39 is 6.04 Å². The zero-order valence-electron chi connectivity index (χ0n) is 19.8. The van der Waals surface area contributed by atoms with Crippen molar-refractivity contribution in [1.82, 2.24) is 10.3 Å². The standard InChI is InChI=1S/C27H30FN3O3S/c1-18(30-25(32)15-19-11-13-21(28)14-12-19)26(33)31-27-29-16-24(35-27)23-10-6-5-7-20(23)17-34-22-8-3-2-4-9-22/h5-7,10-14,16,18,22H,2-4,8-9,15,17H2,1H3,(H,30,32)(H,29,31,33)/t18-/m0/s1. The molecule has 6 nitrogen and oxygen atoms in total. The van der Waals surface area contributed by atoms with Gasteiger partial charge < -0.3 is 15.4 Å². The lowest BCUT2D eigenvalue weighted by molar-refractivity contribution is -0.125. The third-order valence-electron chi connectivity index (χ3n) is 6.09. The number of nitrogens with one attached hydrogen (secondary N) is 2. The summed E-state index contributed by atoms with van der Waals surface area (Å²) >= 11 is 1.38. The second-order valence-corrected chi connectivity index (χ2v) is 9.87. The molecule has 8 heteroatoms. The van der Waals surface area contributed by atoms with E-state index in [1.807, 2.05) is 18.2 Å². The lowest BCUT2D eigenvalue weighted by atomic mass is 9.97. The van der Waals surface area contributed by atoms with Crippen molar-refractivity contribution in [2.45, 2.75) is 64.2 Å². The summed E-state index contributed by atoms with van der Waals surface area (Å²) in [6.07, 6.45) is 8.14. The molecule has 0 bridgehead atoms. The van der Waals surface area contributed by atoms with E-state index >= 15 is 0 Å². The van der Waals surface area contributed by atoms with Gasteiger partial charge in [0.1, 0.15) is 11.9 Å². The maximum Gasteiger partial charge on any atom is 0.248 e. The number of amides is 2. The fraction of sp³-hybridized carbons (Fsp3) is 0.370. The maximum atomic E-state index is 13.0. The van der Waals surface area contributed by atoms with Gasteiger partial charge in [0.2, 0.25) is 11.8 Å². The average molecular weight is 496 g/mol. The van der Waals surface area contributed by atoms with Crippen LogP contribution in [0.25, 0.3) is 10.4 Å². The molecule has 1 saturated carbocycles. The Hall–Kier alpha value is -3.10. The molecule has 184 valence electrons. The van der Waals surface area contributed by atoms with Gasteiger partial charge in [-0.2, -0.15) is 0 Å². The number of benzene rings is 2. The molecule has 0 unspecified atom stereocenters. The van der Waals surface area contributed by atoms with Gasteiger partial charge in [0.25, 0.3) is 0 Å². The van der Waals surface area contributed by atoms with Crippen molar-refractivity contribution in [2.75, 3.05) is 5.32 Å². The summed E-state index contributed by atoms with van der Waals surface area (Å²) in [5.41, 5.74) is 2.81. The Bertz CT molecular complexity index is 1140. The number of thiazole rings is 1. The number of aromatic nitrogens is 1. The van der Waals surface area contributed by atoms with Crippen LogP contribution in [0.3, 0.4) is 0 Å². The third kappa shape index (κ3) is 7.19. The molecule has 1 heterocycles. The smallest absolute Gasteiger partial charge is 0.248 e. The van der Waals surface area contributed by atoms with Crippen molar-refractivity contribution in [1.29, 1.82) is 0 Å². The second-order valence-electron chi connectivity index (χ2n) is 8.84. The molecule has 1 aliphatic carbocycles. The van der Waals surface area contributed by atoms with Crippen molar-refractivity contribution in [2.24, 2.45) is 0 Å². The maximum absolute atomic E-state index is 13.0. The Morgan fingerprint density at radius 2 is 1.86 bits per heavy atom. The Balaban J connectivity index is 1.32. The molecule has 1 aliphatic rings.